The zero-order chi connectivity index (χ0) is 20.1. The number of esters is 1. The largest absolute Gasteiger partial charge is 0.464 e. The quantitative estimate of drug-likeness (QED) is 0.420. The Morgan fingerprint density at radius 2 is 1.71 bits per heavy atom. The van der Waals surface area contributed by atoms with Crippen LogP contribution in [0.3, 0.4) is 0 Å². The number of β-lactam (4-membered cyclic amide) rings is 1. The van der Waals surface area contributed by atoms with Gasteiger partial charge in [0.05, 0.1) is 19.8 Å². The first-order valence-corrected chi connectivity index (χ1v) is 9.02. The van der Waals surface area contributed by atoms with E-state index in [0.29, 0.717) is 6.61 Å². The monoisotopic (exact) mass is 377 g/mol. The zero-order valence-electron chi connectivity index (χ0n) is 16.0. The fraction of sp³-hybridized carbons (Fsp3) is 0.217. The minimum Gasteiger partial charge on any atom is -0.464 e. The summed E-state index contributed by atoms with van der Waals surface area (Å²) in [4.78, 5) is 26.0. The van der Waals surface area contributed by atoms with E-state index in [4.69, 9.17) is 9.47 Å². The van der Waals surface area contributed by atoms with Gasteiger partial charge in [-0.25, -0.2) is 4.79 Å². The Bertz CT molecular complexity index is 889. The Hall–Kier alpha value is -3.18. The van der Waals surface area contributed by atoms with Crippen LogP contribution in [0.2, 0.25) is 0 Å². The van der Waals surface area contributed by atoms with Gasteiger partial charge in [-0.2, -0.15) is 0 Å². The van der Waals surface area contributed by atoms with Gasteiger partial charge in [0.25, 0.3) is 5.91 Å². The lowest BCUT2D eigenvalue weighted by Gasteiger charge is -2.47. The molecular formula is C23H23NO4. The van der Waals surface area contributed by atoms with Gasteiger partial charge >= 0.3 is 5.97 Å². The Morgan fingerprint density at radius 3 is 2.32 bits per heavy atom. The highest BCUT2D eigenvalue weighted by molar-refractivity contribution is 5.99. The van der Waals surface area contributed by atoms with E-state index in [2.05, 4.69) is 6.58 Å². The van der Waals surface area contributed by atoms with E-state index in [1.807, 2.05) is 73.7 Å². The van der Waals surface area contributed by atoms with Crippen LogP contribution in [0.5, 0.6) is 0 Å². The third-order valence-corrected chi connectivity index (χ3v) is 4.69. The number of ether oxygens (including phenoxy) is 2. The summed E-state index contributed by atoms with van der Waals surface area (Å²) in [5.41, 5.74) is 2.89. The molecule has 2 atom stereocenters. The van der Waals surface area contributed by atoms with Crippen LogP contribution in [0, 0.1) is 0 Å². The van der Waals surface area contributed by atoms with Crippen molar-refractivity contribution < 1.29 is 19.1 Å². The van der Waals surface area contributed by atoms with Gasteiger partial charge in [-0.3, -0.25) is 9.69 Å². The first-order chi connectivity index (χ1) is 13.5. The molecule has 0 N–H and O–H groups in total. The highest BCUT2D eigenvalue weighted by Gasteiger charge is 2.51. The minimum atomic E-state index is -0.679. The van der Waals surface area contributed by atoms with Crippen LogP contribution in [0.25, 0.3) is 6.08 Å². The summed E-state index contributed by atoms with van der Waals surface area (Å²) in [6.45, 7) is 5.97. The molecule has 5 nitrogen and oxygen atoms in total. The summed E-state index contributed by atoms with van der Waals surface area (Å²) in [7, 11) is 1.27. The van der Waals surface area contributed by atoms with Crippen molar-refractivity contribution in [2.24, 2.45) is 0 Å². The number of amides is 1. The number of hydrogen-bond donors (Lipinski definition) is 0. The van der Waals surface area contributed by atoms with Gasteiger partial charge in [0.2, 0.25) is 0 Å². The molecule has 0 radical (unpaired) electrons. The molecule has 0 bridgehead atoms. The van der Waals surface area contributed by atoms with E-state index in [1.54, 1.807) is 0 Å². The summed E-state index contributed by atoms with van der Waals surface area (Å²) >= 11 is 0. The molecule has 1 aliphatic rings. The predicted molar refractivity (Wildman–Crippen MR) is 107 cm³/mol. The molecule has 1 heterocycles. The summed E-state index contributed by atoms with van der Waals surface area (Å²) in [6.07, 6.45) is 1.30. The Labute approximate surface area is 164 Å². The highest BCUT2D eigenvalue weighted by atomic mass is 16.5. The molecule has 5 heteroatoms. The molecule has 144 valence electrons. The van der Waals surface area contributed by atoms with E-state index >= 15 is 0 Å². The van der Waals surface area contributed by atoms with Gasteiger partial charge in [-0.15, -0.1) is 0 Å². The molecular weight excluding hydrogens is 354 g/mol. The van der Waals surface area contributed by atoms with Gasteiger partial charge in [0.1, 0.15) is 5.70 Å². The Morgan fingerprint density at radius 1 is 1.11 bits per heavy atom. The summed E-state index contributed by atoms with van der Waals surface area (Å²) < 4.78 is 10.7. The smallest absolute Gasteiger partial charge is 0.354 e. The third-order valence-electron chi connectivity index (χ3n) is 4.69. The third kappa shape index (κ3) is 4.05. The second-order valence-corrected chi connectivity index (χ2v) is 6.61. The normalized spacial score (nSPS) is 19.1. The van der Waals surface area contributed by atoms with E-state index in [-0.39, 0.29) is 11.6 Å². The Balaban J connectivity index is 1.83. The second-order valence-electron chi connectivity index (χ2n) is 6.61. The number of carbonyl (C=O) groups is 2. The lowest BCUT2D eigenvalue weighted by molar-refractivity contribution is -0.170. The van der Waals surface area contributed by atoms with Gasteiger partial charge in [0, 0.05) is 0 Å². The molecule has 28 heavy (non-hydrogen) atoms. The van der Waals surface area contributed by atoms with Crippen LogP contribution in [-0.4, -0.2) is 36.0 Å². The van der Waals surface area contributed by atoms with Crippen molar-refractivity contribution in [3.8, 4) is 0 Å². The van der Waals surface area contributed by atoms with Crippen LogP contribution < -0.4 is 0 Å². The fourth-order valence-electron chi connectivity index (χ4n) is 3.24. The lowest BCUT2D eigenvalue weighted by atomic mass is 9.89. The maximum atomic E-state index is 12.7. The van der Waals surface area contributed by atoms with Crippen LogP contribution in [0.4, 0.5) is 0 Å². The van der Waals surface area contributed by atoms with E-state index in [9.17, 15) is 9.59 Å². The maximum absolute atomic E-state index is 12.7. The molecule has 1 fully saturated rings. The number of benzene rings is 2. The molecule has 1 saturated heterocycles. The molecule has 0 aromatic heterocycles. The molecule has 0 saturated carbocycles. The van der Waals surface area contributed by atoms with E-state index in [0.717, 1.165) is 16.7 Å². The van der Waals surface area contributed by atoms with Crippen molar-refractivity contribution in [3.63, 3.8) is 0 Å². The average Bonchev–Trinajstić information content (AvgIpc) is 2.72. The number of nitrogens with zero attached hydrogens (tertiary/aromatic N) is 1. The molecule has 0 spiro atoms. The van der Waals surface area contributed by atoms with Crippen molar-refractivity contribution in [3.05, 3.63) is 89.6 Å². The topological polar surface area (TPSA) is 55.8 Å². The van der Waals surface area contributed by atoms with Crippen LogP contribution in [-0.2, 0) is 25.7 Å². The first kappa shape index (κ1) is 19.6. The van der Waals surface area contributed by atoms with Gasteiger partial charge in [-0.1, -0.05) is 73.3 Å². The van der Waals surface area contributed by atoms with E-state index in [1.165, 1.54) is 12.0 Å². The summed E-state index contributed by atoms with van der Waals surface area (Å²) in [6, 6.07) is 19.0. The molecule has 1 aliphatic heterocycles. The van der Waals surface area contributed by atoms with Gasteiger partial charge < -0.3 is 9.47 Å². The molecule has 2 aromatic carbocycles. The van der Waals surface area contributed by atoms with Crippen molar-refractivity contribution >= 4 is 18.0 Å². The van der Waals surface area contributed by atoms with Crippen molar-refractivity contribution in [1.82, 2.24) is 4.90 Å². The summed E-state index contributed by atoms with van der Waals surface area (Å²) in [5, 5.41) is 0. The first-order valence-electron chi connectivity index (χ1n) is 9.02. The number of likely N-dealkylation sites (tertiary alicyclic amines) is 1. The van der Waals surface area contributed by atoms with Crippen molar-refractivity contribution in [1.29, 1.82) is 0 Å². The van der Waals surface area contributed by atoms with Crippen LogP contribution in [0.15, 0.2) is 78.5 Å². The van der Waals surface area contributed by atoms with Crippen LogP contribution >= 0.6 is 0 Å². The molecule has 3 rings (SSSR count). The SMILES string of the molecule is C=C(C(=O)OC)N1C(=O)[C@H](OCc2ccccc2)[C@@H]1/C(C)=C/c1ccccc1. The second kappa shape index (κ2) is 8.67. The van der Waals surface area contributed by atoms with E-state index < -0.39 is 18.1 Å². The maximum Gasteiger partial charge on any atom is 0.354 e. The zero-order valence-corrected chi connectivity index (χ0v) is 16.0. The standard InChI is InChI=1S/C23H23NO4/c1-16(14-18-10-6-4-7-11-18)20-21(28-15-19-12-8-5-9-13-19)22(25)24(20)17(2)23(26)27-3/h4-14,20-21H,2,15H2,1,3H3/b16-14+/t20-,21+/m0/s1. The highest BCUT2D eigenvalue weighted by Crippen LogP contribution is 2.34. The number of hydrogen-bond acceptors (Lipinski definition) is 4. The fourth-order valence-corrected chi connectivity index (χ4v) is 3.24. The number of carbonyl (C=O) groups excluding carboxylic acids is 2. The molecule has 2 aromatic rings. The lowest BCUT2D eigenvalue weighted by Crippen LogP contribution is -2.66. The van der Waals surface area contributed by atoms with Gasteiger partial charge in [0.15, 0.2) is 6.10 Å². The number of rotatable bonds is 7. The average molecular weight is 377 g/mol. The molecule has 0 aliphatic carbocycles. The van der Waals surface area contributed by atoms with Crippen LogP contribution in [0.1, 0.15) is 18.1 Å². The molecule has 0 unspecified atom stereocenters. The van der Waals surface area contributed by atoms with Gasteiger partial charge in [-0.05, 0) is 23.6 Å². The number of methoxy groups -OCH3 is 1. The Kier molecular flexibility index (Phi) is 6.06. The summed E-state index contributed by atoms with van der Waals surface area (Å²) in [5.74, 6) is -0.926. The molecule has 1 amide bonds. The van der Waals surface area contributed by atoms with Crippen molar-refractivity contribution in [2.75, 3.05) is 7.11 Å². The van der Waals surface area contributed by atoms with Crippen molar-refractivity contribution in [2.45, 2.75) is 25.7 Å². The minimum absolute atomic E-state index is 0.0119. The predicted octanol–water partition coefficient (Wildman–Crippen LogP) is 3.57.